The van der Waals surface area contributed by atoms with Gasteiger partial charge in [-0.1, -0.05) is 5.57 Å². The highest BCUT2D eigenvalue weighted by molar-refractivity contribution is 7.93. The number of carbonyl (C=O) groups is 1. The minimum atomic E-state index is -3.68. The Balaban J connectivity index is 2.04. The zero-order valence-corrected chi connectivity index (χ0v) is 14.4. The van der Waals surface area contributed by atoms with Gasteiger partial charge in [0.25, 0.3) is 15.9 Å². The minimum Gasteiger partial charge on any atom is -0.305 e. The van der Waals surface area contributed by atoms with Crippen molar-refractivity contribution in [1.82, 2.24) is 9.62 Å². The molecule has 1 amide bonds. The zero-order valence-electron chi connectivity index (χ0n) is 13.6. The fourth-order valence-electron chi connectivity index (χ4n) is 3.02. The van der Waals surface area contributed by atoms with Crippen LogP contribution in [-0.4, -0.2) is 31.9 Å². The molecule has 0 aromatic heterocycles. The first kappa shape index (κ1) is 15.7. The molecule has 2 aliphatic heterocycles. The van der Waals surface area contributed by atoms with Crippen LogP contribution in [0.4, 0.5) is 0 Å². The van der Waals surface area contributed by atoms with Crippen molar-refractivity contribution in [3.8, 4) is 0 Å². The number of sulfonamides is 1. The molecular formula is C16H19N3O3S. The molecule has 0 fully saturated rings. The number of allylic oxidation sites excluding steroid dienone is 5. The molecule has 0 spiro atoms. The van der Waals surface area contributed by atoms with Crippen molar-refractivity contribution in [2.24, 2.45) is 4.99 Å². The van der Waals surface area contributed by atoms with E-state index in [1.54, 1.807) is 19.2 Å². The molecular weight excluding hydrogens is 314 g/mol. The summed E-state index contributed by atoms with van der Waals surface area (Å²) in [5.74, 6) is 0.0553. The quantitative estimate of drug-likeness (QED) is 0.839. The number of nitrogens with one attached hydrogen (secondary N) is 1. The minimum absolute atomic E-state index is 0.161. The van der Waals surface area contributed by atoms with Crippen molar-refractivity contribution < 1.29 is 13.2 Å². The highest BCUT2D eigenvalue weighted by atomic mass is 32.2. The molecule has 0 bridgehead atoms. The van der Waals surface area contributed by atoms with Crippen molar-refractivity contribution in [3.63, 3.8) is 0 Å². The summed E-state index contributed by atoms with van der Waals surface area (Å²) in [5, 5.41) is 2.73. The summed E-state index contributed by atoms with van der Waals surface area (Å²) < 4.78 is 26.4. The molecule has 0 aromatic carbocycles. The van der Waals surface area contributed by atoms with Crippen LogP contribution in [0.2, 0.25) is 0 Å². The molecule has 7 heteroatoms. The molecule has 1 N–H and O–H groups in total. The standard InChI is InChI=1S/C16H19N3O3S/c1-9-7-12-11(3)14(19(4)23(21,22)13(12)8-9)16(20)18-15-10(2)5-6-17-15/h6,8H,5,7H2,1-4H3,(H,18,20). The summed E-state index contributed by atoms with van der Waals surface area (Å²) in [4.78, 5) is 17.1. The number of carbonyl (C=O) groups excluding carboxylic acids is 1. The van der Waals surface area contributed by atoms with Crippen LogP contribution in [0.1, 0.15) is 33.6 Å². The number of nitrogens with zero attached hydrogens (tertiary/aromatic N) is 2. The predicted octanol–water partition coefficient (Wildman–Crippen LogP) is 1.96. The topological polar surface area (TPSA) is 78.8 Å². The number of hydrogen-bond acceptors (Lipinski definition) is 4. The van der Waals surface area contributed by atoms with Gasteiger partial charge in [0.15, 0.2) is 0 Å². The molecule has 23 heavy (non-hydrogen) atoms. The first-order valence-corrected chi connectivity index (χ1v) is 8.81. The normalized spacial score (nSPS) is 22.8. The molecule has 6 nitrogen and oxygen atoms in total. The van der Waals surface area contributed by atoms with Gasteiger partial charge in [-0.05, 0) is 50.0 Å². The summed E-state index contributed by atoms with van der Waals surface area (Å²) in [6, 6.07) is 0. The lowest BCUT2D eigenvalue weighted by Crippen LogP contribution is -2.39. The van der Waals surface area contributed by atoms with E-state index in [1.165, 1.54) is 7.05 Å². The van der Waals surface area contributed by atoms with Gasteiger partial charge in [-0.15, -0.1) is 0 Å². The zero-order chi connectivity index (χ0) is 16.9. The second-order valence-electron chi connectivity index (χ2n) is 6.06. The Labute approximate surface area is 136 Å². The van der Waals surface area contributed by atoms with Crippen LogP contribution in [0.5, 0.6) is 0 Å². The molecule has 3 aliphatic rings. The Hall–Kier alpha value is -2.15. The Morgan fingerprint density at radius 1 is 1.30 bits per heavy atom. The molecule has 0 saturated heterocycles. The summed E-state index contributed by atoms with van der Waals surface area (Å²) in [7, 11) is -2.27. The molecule has 0 radical (unpaired) electrons. The van der Waals surface area contributed by atoms with Gasteiger partial charge in [-0.2, -0.15) is 0 Å². The van der Waals surface area contributed by atoms with Crippen LogP contribution in [-0.2, 0) is 14.8 Å². The number of likely N-dealkylation sites (N-methyl/N-ethyl adjacent to an activating group) is 1. The number of hydrogen-bond donors (Lipinski definition) is 1. The van der Waals surface area contributed by atoms with Gasteiger partial charge in [0.1, 0.15) is 11.5 Å². The summed E-state index contributed by atoms with van der Waals surface area (Å²) >= 11 is 0. The lowest BCUT2D eigenvalue weighted by atomic mass is 10.0. The fraction of sp³-hybridized carbons (Fsp3) is 0.375. The molecule has 122 valence electrons. The summed E-state index contributed by atoms with van der Waals surface area (Å²) in [6.07, 6.45) is 4.66. The summed E-state index contributed by atoms with van der Waals surface area (Å²) in [6.45, 7) is 5.57. The monoisotopic (exact) mass is 333 g/mol. The van der Waals surface area contributed by atoms with Crippen molar-refractivity contribution in [2.75, 3.05) is 7.05 Å². The van der Waals surface area contributed by atoms with E-state index in [1.807, 2.05) is 13.8 Å². The third-order valence-corrected chi connectivity index (χ3v) is 6.18. The second kappa shape index (κ2) is 5.19. The Morgan fingerprint density at radius 2 is 2.00 bits per heavy atom. The first-order chi connectivity index (χ1) is 10.7. The highest BCUT2D eigenvalue weighted by Crippen LogP contribution is 2.40. The Bertz CT molecular complexity index is 870. The lowest BCUT2D eigenvalue weighted by Gasteiger charge is -2.29. The highest BCUT2D eigenvalue weighted by Gasteiger charge is 2.39. The smallest absolute Gasteiger partial charge is 0.274 e. The van der Waals surface area contributed by atoms with Crippen LogP contribution >= 0.6 is 0 Å². The van der Waals surface area contributed by atoms with Gasteiger partial charge in [0, 0.05) is 19.7 Å². The average Bonchev–Trinajstić information content (AvgIpc) is 3.05. The van der Waals surface area contributed by atoms with E-state index in [4.69, 9.17) is 0 Å². The predicted molar refractivity (Wildman–Crippen MR) is 88.7 cm³/mol. The molecule has 2 heterocycles. The van der Waals surface area contributed by atoms with Crippen LogP contribution in [0.15, 0.2) is 49.8 Å². The third kappa shape index (κ3) is 2.35. The maximum absolute atomic E-state index is 12.7. The van der Waals surface area contributed by atoms with Gasteiger partial charge in [0.2, 0.25) is 0 Å². The largest absolute Gasteiger partial charge is 0.305 e. The van der Waals surface area contributed by atoms with Crippen molar-refractivity contribution >= 4 is 22.1 Å². The maximum atomic E-state index is 12.7. The van der Waals surface area contributed by atoms with Crippen LogP contribution in [0.25, 0.3) is 0 Å². The molecule has 0 unspecified atom stereocenters. The number of aliphatic imine (C=N–C) groups is 1. The van der Waals surface area contributed by atoms with Crippen LogP contribution < -0.4 is 5.32 Å². The van der Waals surface area contributed by atoms with E-state index in [9.17, 15) is 13.2 Å². The van der Waals surface area contributed by atoms with Gasteiger partial charge in [0.05, 0.1) is 4.91 Å². The van der Waals surface area contributed by atoms with E-state index in [2.05, 4.69) is 10.3 Å². The van der Waals surface area contributed by atoms with Crippen molar-refractivity contribution in [3.05, 3.63) is 44.8 Å². The molecule has 3 rings (SSSR count). The molecule has 0 saturated carbocycles. The average molecular weight is 333 g/mol. The SMILES string of the molecule is CC1=CC2=C(C1)C(C)=C(C(=O)NC1=C(C)CC=N1)N(C)S2(=O)=O. The van der Waals surface area contributed by atoms with Crippen LogP contribution in [0.3, 0.4) is 0 Å². The van der Waals surface area contributed by atoms with Gasteiger partial charge in [-0.25, -0.2) is 13.4 Å². The third-order valence-electron chi connectivity index (χ3n) is 4.36. The van der Waals surface area contributed by atoms with Crippen molar-refractivity contribution in [2.45, 2.75) is 33.6 Å². The van der Waals surface area contributed by atoms with Gasteiger partial charge >= 0.3 is 0 Å². The Morgan fingerprint density at radius 3 is 2.61 bits per heavy atom. The van der Waals surface area contributed by atoms with Gasteiger partial charge < -0.3 is 5.32 Å². The Kier molecular flexibility index (Phi) is 3.55. The van der Waals surface area contributed by atoms with E-state index in [-0.39, 0.29) is 5.70 Å². The molecule has 0 aromatic rings. The number of amides is 1. The number of rotatable bonds is 2. The maximum Gasteiger partial charge on any atom is 0.274 e. The lowest BCUT2D eigenvalue weighted by molar-refractivity contribution is -0.117. The molecule has 0 atom stereocenters. The second-order valence-corrected chi connectivity index (χ2v) is 7.99. The molecule has 1 aliphatic carbocycles. The van der Waals surface area contributed by atoms with E-state index >= 15 is 0 Å². The van der Waals surface area contributed by atoms with E-state index in [0.29, 0.717) is 34.7 Å². The fourth-order valence-corrected chi connectivity index (χ4v) is 4.66. The summed E-state index contributed by atoms with van der Waals surface area (Å²) in [5.41, 5.74) is 3.51. The first-order valence-electron chi connectivity index (χ1n) is 7.37. The van der Waals surface area contributed by atoms with E-state index in [0.717, 1.165) is 15.5 Å². The van der Waals surface area contributed by atoms with Gasteiger partial charge in [-0.3, -0.25) is 9.10 Å². The van der Waals surface area contributed by atoms with Crippen molar-refractivity contribution in [1.29, 1.82) is 0 Å². The van der Waals surface area contributed by atoms with E-state index < -0.39 is 15.9 Å². The van der Waals surface area contributed by atoms with Crippen LogP contribution in [0, 0.1) is 0 Å².